The lowest BCUT2D eigenvalue weighted by atomic mass is 9.89. The van der Waals surface area contributed by atoms with Gasteiger partial charge in [0.1, 0.15) is 12.1 Å². The Morgan fingerprint density at radius 3 is 2.77 bits per heavy atom. The van der Waals surface area contributed by atoms with Crippen molar-refractivity contribution in [1.82, 2.24) is 9.55 Å². The number of hydrogen-bond acceptors (Lipinski definition) is 4. The topological polar surface area (TPSA) is 65.4 Å². The van der Waals surface area contributed by atoms with E-state index in [2.05, 4.69) is 10.3 Å². The number of nitrogens with zero attached hydrogens (tertiary/aromatic N) is 2. The molecule has 26 heavy (non-hydrogen) atoms. The van der Waals surface area contributed by atoms with Gasteiger partial charge >= 0.3 is 0 Å². The van der Waals surface area contributed by atoms with Crippen LogP contribution in [0.5, 0.6) is 11.5 Å². The van der Waals surface area contributed by atoms with Crippen molar-refractivity contribution in [3.05, 3.63) is 65.9 Å². The fourth-order valence-corrected chi connectivity index (χ4v) is 3.47. The number of halogens is 1. The van der Waals surface area contributed by atoms with E-state index < -0.39 is 0 Å². The van der Waals surface area contributed by atoms with Gasteiger partial charge in [0, 0.05) is 18.0 Å². The summed E-state index contributed by atoms with van der Waals surface area (Å²) in [7, 11) is 0. The zero-order valence-corrected chi connectivity index (χ0v) is 13.6. The molecule has 3 aromatic rings. The van der Waals surface area contributed by atoms with Crippen molar-refractivity contribution >= 4 is 11.7 Å². The first kappa shape index (κ1) is 14.9. The summed E-state index contributed by atoms with van der Waals surface area (Å²) >= 11 is 0. The molecule has 2 aliphatic rings. The number of aromatic nitrogens is 2. The van der Waals surface area contributed by atoms with E-state index in [9.17, 15) is 9.18 Å². The molecule has 0 aliphatic carbocycles. The van der Waals surface area contributed by atoms with Crippen molar-refractivity contribution in [2.45, 2.75) is 12.3 Å². The molecule has 0 unspecified atom stereocenters. The normalized spacial score (nSPS) is 17.7. The van der Waals surface area contributed by atoms with Gasteiger partial charge in [0.15, 0.2) is 17.3 Å². The van der Waals surface area contributed by atoms with Crippen LogP contribution in [0.2, 0.25) is 0 Å². The van der Waals surface area contributed by atoms with Gasteiger partial charge in [0.2, 0.25) is 12.7 Å². The maximum Gasteiger partial charge on any atom is 0.231 e. The zero-order chi connectivity index (χ0) is 17.7. The standard InChI is InChI=1S/C19H14FN3O3/c20-12-2-4-13(5-3-12)23-9-21-19-18(23)14(8-17(24)22-19)11-1-6-15-16(7-11)26-10-25-15/h1-7,9,14H,8,10H2,(H,22,24)/t14-/m1/s1. The Morgan fingerprint density at radius 1 is 1.12 bits per heavy atom. The number of nitrogens with one attached hydrogen (secondary N) is 1. The fourth-order valence-electron chi connectivity index (χ4n) is 3.47. The van der Waals surface area contributed by atoms with Gasteiger partial charge in [-0.1, -0.05) is 6.07 Å². The predicted octanol–water partition coefficient (Wildman–Crippen LogP) is 3.21. The summed E-state index contributed by atoms with van der Waals surface area (Å²) in [6.07, 6.45) is 1.93. The molecule has 0 saturated carbocycles. The SMILES string of the molecule is O=C1C[C@H](c2ccc3c(c2)OCO3)c2c(ncn2-c2ccc(F)cc2)N1. The first-order valence-electron chi connectivity index (χ1n) is 8.21. The number of amides is 1. The third kappa shape index (κ3) is 2.32. The van der Waals surface area contributed by atoms with E-state index in [0.717, 1.165) is 16.9 Å². The highest BCUT2D eigenvalue weighted by atomic mass is 19.1. The van der Waals surface area contributed by atoms with Crippen LogP contribution in [0, 0.1) is 5.82 Å². The summed E-state index contributed by atoms with van der Waals surface area (Å²) in [6, 6.07) is 11.9. The fraction of sp³-hybridized carbons (Fsp3) is 0.158. The molecule has 130 valence electrons. The predicted molar refractivity (Wildman–Crippen MR) is 91.2 cm³/mol. The van der Waals surface area contributed by atoms with Gasteiger partial charge in [-0.3, -0.25) is 4.79 Å². The van der Waals surface area contributed by atoms with E-state index in [0.29, 0.717) is 23.7 Å². The molecule has 6 nitrogen and oxygen atoms in total. The summed E-state index contributed by atoms with van der Waals surface area (Å²) in [5.41, 5.74) is 2.58. The highest BCUT2D eigenvalue weighted by Gasteiger charge is 2.32. The van der Waals surface area contributed by atoms with Crippen LogP contribution in [0.15, 0.2) is 48.8 Å². The molecule has 5 rings (SSSR count). The average Bonchev–Trinajstić information content (AvgIpc) is 3.27. The second kappa shape index (κ2) is 5.59. The van der Waals surface area contributed by atoms with Crippen LogP contribution < -0.4 is 14.8 Å². The molecule has 0 radical (unpaired) electrons. The second-order valence-electron chi connectivity index (χ2n) is 6.24. The van der Waals surface area contributed by atoms with Gasteiger partial charge in [-0.15, -0.1) is 0 Å². The molecule has 0 bridgehead atoms. The number of rotatable bonds is 2. The van der Waals surface area contributed by atoms with Crippen molar-refractivity contribution in [2.75, 3.05) is 12.1 Å². The monoisotopic (exact) mass is 351 g/mol. The van der Waals surface area contributed by atoms with Crippen molar-refractivity contribution in [1.29, 1.82) is 0 Å². The third-order valence-electron chi connectivity index (χ3n) is 4.69. The minimum atomic E-state index is -0.302. The average molecular weight is 351 g/mol. The Labute approximate surface area is 148 Å². The maximum absolute atomic E-state index is 13.3. The lowest BCUT2D eigenvalue weighted by molar-refractivity contribution is -0.116. The summed E-state index contributed by atoms with van der Waals surface area (Å²) in [6.45, 7) is 0.197. The molecule has 0 fully saturated rings. The number of anilines is 1. The van der Waals surface area contributed by atoms with Crippen molar-refractivity contribution in [2.24, 2.45) is 0 Å². The summed E-state index contributed by atoms with van der Waals surface area (Å²) in [5, 5.41) is 2.81. The Hall–Kier alpha value is -3.35. The number of benzene rings is 2. The number of carbonyl (C=O) groups is 1. The quantitative estimate of drug-likeness (QED) is 0.770. The Kier molecular flexibility index (Phi) is 3.21. The van der Waals surface area contributed by atoms with E-state index in [-0.39, 0.29) is 24.4 Å². The van der Waals surface area contributed by atoms with E-state index in [4.69, 9.17) is 9.47 Å². The number of ether oxygens (including phenoxy) is 2. The molecule has 1 amide bonds. The largest absolute Gasteiger partial charge is 0.454 e. The number of hydrogen-bond donors (Lipinski definition) is 1. The van der Waals surface area contributed by atoms with Gasteiger partial charge in [-0.05, 0) is 42.0 Å². The van der Waals surface area contributed by atoms with Crippen LogP contribution in [0.1, 0.15) is 23.6 Å². The van der Waals surface area contributed by atoms with Crippen LogP contribution in [-0.4, -0.2) is 22.3 Å². The molecule has 0 saturated heterocycles. The molecule has 7 heteroatoms. The maximum atomic E-state index is 13.3. The third-order valence-corrected chi connectivity index (χ3v) is 4.69. The summed E-state index contributed by atoms with van der Waals surface area (Å²) < 4.78 is 26.0. The van der Waals surface area contributed by atoms with E-state index >= 15 is 0 Å². The van der Waals surface area contributed by atoms with Gasteiger partial charge in [-0.2, -0.15) is 0 Å². The smallest absolute Gasteiger partial charge is 0.231 e. The molecule has 3 heterocycles. The first-order valence-corrected chi connectivity index (χ1v) is 8.21. The first-order chi connectivity index (χ1) is 12.7. The second-order valence-corrected chi connectivity index (χ2v) is 6.24. The Morgan fingerprint density at radius 2 is 1.92 bits per heavy atom. The van der Waals surface area contributed by atoms with Crippen molar-refractivity contribution in [3.8, 4) is 17.2 Å². The van der Waals surface area contributed by atoms with Crippen LogP contribution in [0.3, 0.4) is 0 Å². The molecular weight excluding hydrogens is 337 g/mol. The zero-order valence-electron chi connectivity index (χ0n) is 13.6. The Balaban J connectivity index is 1.64. The van der Waals surface area contributed by atoms with E-state index in [1.165, 1.54) is 12.1 Å². The lowest BCUT2D eigenvalue weighted by Gasteiger charge is -2.25. The summed E-state index contributed by atoms with van der Waals surface area (Å²) in [5.74, 6) is 1.30. The molecule has 1 atom stereocenters. The van der Waals surface area contributed by atoms with Crippen LogP contribution >= 0.6 is 0 Å². The molecule has 1 aromatic heterocycles. The summed E-state index contributed by atoms with van der Waals surface area (Å²) in [4.78, 5) is 16.5. The van der Waals surface area contributed by atoms with Crippen LogP contribution in [-0.2, 0) is 4.79 Å². The highest BCUT2D eigenvalue weighted by molar-refractivity contribution is 5.94. The molecular formula is C19H14FN3O3. The van der Waals surface area contributed by atoms with E-state index in [1.54, 1.807) is 18.5 Å². The number of imidazole rings is 1. The number of carbonyl (C=O) groups excluding carboxylic acids is 1. The molecule has 1 N–H and O–H groups in total. The van der Waals surface area contributed by atoms with Crippen molar-refractivity contribution in [3.63, 3.8) is 0 Å². The lowest BCUT2D eigenvalue weighted by Crippen LogP contribution is -2.25. The molecule has 0 spiro atoms. The van der Waals surface area contributed by atoms with Gasteiger partial charge in [0.05, 0.1) is 5.69 Å². The molecule has 2 aromatic carbocycles. The highest BCUT2D eigenvalue weighted by Crippen LogP contribution is 2.41. The minimum absolute atomic E-state index is 0.0930. The van der Waals surface area contributed by atoms with Crippen LogP contribution in [0.4, 0.5) is 10.2 Å². The molecule has 2 aliphatic heterocycles. The van der Waals surface area contributed by atoms with E-state index in [1.807, 2.05) is 22.8 Å². The van der Waals surface area contributed by atoms with Gasteiger partial charge in [-0.25, -0.2) is 9.37 Å². The minimum Gasteiger partial charge on any atom is -0.454 e. The Bertz CT molecular complexity index is 1010. The van der Waals surface area contributed by atoms with Crippen molar-refractivity contribution < 1.29 is 18.7 Å². The number of fused-ring (bicyclic) bond motifs is 2. The van der Waals surface area contributed by atoms with Gasteiger partial charge in [0.25, 0.3) is 0 Å². The van der Waals surface area contributed by atoms with Crippen LogP contribution in [0.25, 0.3) is 5.69 Å². The van der Waals surface area contributed by atoms with Gasteiger partial charge < -0.3 is 19.4 Å².